The van der Waals surface area contributed by atoms with Crippen molar-refractivity contribution in [3.63, 3.8) is 0 Å². The molecule has 0 atom stereocenters. The molecule has 0 aromatic heterocycles. The van der Waals surface area contributed by atoms with Crippen LogP contribution in [-0.2, 0) is 4.79 Å². The third-order valence-corrected chi connectivity index (χ3v) is 2.01. The average molecular weight is 216 g/mol. The van der Waals surface area contributed by atoms with Crippen LogP contribution in [0, 0.1) is 5.41 Å². The fourth-order valence-corrected chi connectivity index (χ4v) is 1.08. The number of carbonyl (C=O) groups excluding carboxylic acids is 1. The Kier molecular flexibility index (Phi) is 6.52. The van der Waals surface area contributed by atoms with Crippen molar-refractivity contribution in [2.45, 2.75) is 40.2 Å². The predicted octanol–water partition coefficient (Wildman–Crippen LogP) is 0.509. The summed E-state index contributed by atoms with van der Waals surface area (Å²) in [5, 5.41) is 15.0. The van der Waals surface area contributed by atoms with Crippen LogP contribution in [0.25, 0.3) is 0 Å². The van der Waals surface area contributed by atoms with Crippen LogP contribution in [0.15, 0.2) is 0 Å². The SMILES string of the molecule is CC(C)NC(=O)CCNCC(C)(C)CO. The highest BCUT2D eigenvalue weighted by Crippen LogP contribution is 2.10. The van der Waals surface area contributed by atoms with E-state index in [1.165, 1.54) is 0 Å². The number of nitrogens with one attached hydrogen (secondary N) is 2. The van der Waals surface area contributed by atoms with Gasteiger partial charge in [-0.25, -0.2) is 0 Å². The third kappa shape index (κ3) is 8.39. The van der Waals surface area contributed by atoms with Crippen LogP contribution in [-0.4, -0.2) is 36.8 Å². The maximum Gasteiger partial charge on any atom is 0.221 e. The molecule has 0 saturated heterocycles. The number of amides is 1. The first kappa shape index (κ1) is 14.4. The van der Waals surface area contributed by atoms with Crippen molar-refractivity contribution < 1.29 is 9.90 Å². The van der Waals surface area contributed by atoms with E-state index in [1.807, 2.05) is 27.7 Å². The van der Waals surface area contributed by atoms with E-state index in [-0.39, 0.29) is 24.0 Å². The van der Waals surface area contributed by atoms with Gasteiger partial charge >= 0.3 is 0 Å². The lowest BCUT2D eigenvalue weighted by Gasteiger charge is -2.21. The molecule has 0 spiro atoms. The van der Waals surface area contributed by atoms with E-state index in [9.17, 15) is 4.79 Å². The fourth-order valence-electron chi connectivity index (χ4n) is 1.08. The summed E-state index contributed by atoms with van der Waals surface area (Å²) in [4.78, 5) is 11.2. The zero-order valence-corrected chi connectivity index (χ0v) is 10.3. The smallest absolute Gasteiger partial charge is 0.221 e. The van der Waals surface area contributed by atoms with E-state index in [4.69, 9.17) is 5.11 Å². The summed E-state index contributed by atoms with van der Waals surface area (Å²) in [6, 6.07) is 0.200. The van der Waals surface area contributed by atoms with Gasteiger partial charge in [0.1, 0.15) is 0 Å². The van der Waals surface area contributed by atoms with Gasteiger partial charge in [-0.1, -0.05) is 13.8 Å². The largest absolute Gasteiger partial charge is 0.396 e. The summed E-state index contributed by atoms with van der Waals surface area (Å²) in [5.41, 5.74) is -0.117. The molecule has 0 aromatic rings. The molecule has 4 nitrogen and oxygen atoms in total. The molecular weight excluding hydrogens is 192 g/mol. The third-order valence-electron chi connectivity index (χ3n) is 2.01. The quantitative estimate of drug-likeness (QED) is 0.543. The normalized spacial score (nSPS) is 11.9. The Hall–Kier alpha value is -0.610. The summed E-state index contributed by atoms with van der Waals surface area (Å²) in [7, 11) is 0. The van der Waals surface area contributed by atoms with E-state index < -0.39 is 0 Å². The zero-order chi connectivity index (χ0) is 11.9. The summed E-state index contributed by atoms with van der Waals surface area (Å²) in [5.74, 6) is 0.0688. The van der Waals surface area contributed by atoms with Crippen LogP contribution in [0.1, 0.15) is 34.1 Å². The molecule has 0 rings (SSSR count). The van der Waals surface area contributed by atoms with Crippen molar-refractivity contribution in [3.05, 3.63) is 0 Å². The van der Waals surface area contributed by atoms with Crippen molar-refractivity contribution in [2.24, 2.45) is 5.41 Å². The van der Waals surface area contributed by atoms with Crippen LogP contribution in [0.2, 0.25) is 0 Å². The van der Waals surface area contributed by atoms with Gasteiger partial charge in [-0.2, -0.15) is 0 Å². The molecule has 0 unspecified atom stereocenters. The Balaban J connectivity index is 3.50. The van der Waals surface area contributed by atoms with Gasteiger partial charge in [-0.05, 0) is 13.8 Å². The van der Waals surface area contributed by atoms with Gasteiger partial charge in [0.25, 0.3) is 0 Å². The fraction of sp³-hybridized carbons (Fsp3) is 0.909. The highest BCUT2D eigenvalue weighted by Gasteiger charge is 2.15. The molecular formula is C11H24N2O2. The number of aliphatic hydroxyl groups excluding tert-OH is 1. The summed E-state index contributed by atoms with van der Waals surface area (Å²) < 4.78 is 0. The number of rotatable bonds is 7. The second-order valence-corrected chi connectivity index (χ2v) is 4.97. The standard InChI is InChI=1S/C11H24N2O2/c1-9(2)13-10(15)5-6-12-7-11(3,4)8-14/h9,12,14H,5-8H2,1-4H3,(H,13,15). The maximum absolute atomic E-state index is 11.2. The Labute approximate surface area is 92.4 Å². The first-order valence-corrected chi connectivity index (χ1v) is 5.48. The number of aliphatic hydroxyl groups is 1. The van der Waals surface area contributed by atoms with Gasteiger partial charge in [-0.15, -0.1) is 0 Å². The van der Waals surface area contributed by atoms with Gasteiger partial charge in [0.2, 0.25) is 5.91 Å². The number of hydrogen-bond acceptors (Lipinski definition) is 3. The zero-order valence-electron chi connectivity index (χ0n) is 10.3. The van der Waals surface area contributed by atoms with Gasteiger partial charge < -0.3 is 15.7 Å². The van der Waals surface area contributed by atoms with E-state index in [0.29, 0.717) is 13.0 Å². The first-order valence-electron chi connectivity index (χ1n) is 5.48. The summed E-state index contributed by atoms with van der Waals surface area (Å²) in [6.45, 7) is 9.38. The van der Waals surface area contributed by atoms with E-state index >= 15 is 0 Å². The molecule has 15 heavy (non-hydrogen) atoms. The van der Waals surface area contributed by atoms with E-state index in [0.717, 1.165) is 6.54 Å². The number of carbonyl (C=O) groups is 1. The highest BCUT2D eigenvalue weighted by molar-refractivity contribution is 5.76. The summed E-state index contributed by atoms with van der Waals surface area (Å²) >= 11 is 0. The van der Waals surface area contributed by atoms with Gasteiger partial charge in [0.15, 0.2) is 0 Å². The van der Waals surface area contributed by atoms with Crippen molar-refractivity contribution in [1.82, 2.24) is 10.6 Å². The molecule has 0 bridgehead atoms. The van der Waals surface area contributed by atoms with Crippen molar-refractivity contribution in [2.75, 3.05) is 19.7 Å². The Bertz CT molecular complexity index is 191. The van der Waals surface area contributed by atoms with E-state index in [2.05, 4.69) is 10.6 Å². The Morgan fingerprint density at radius 2 is 2.00 bits per heavy atom. The van der Waals surface area contributed by atoms with Crippen molar-refractivity contribution >= 4 is 5.91 Å². The van der Waals surface area contributed by atoms with Gasteiger partial charge in [0.05, 0.1) is 0 Å². The molecule has 0 radical (unpaired) electrons. The average Bonchev–Trinajstić information content (AvgIpc) is 2.11. The van der Waals surface area contributed by atoms with Crippen LogP contribution >= 0.6 is 0 Å². The molecule has 0 aliphatic heterocycles. The Morgan fingerprint density at radius 3 is 2.47 bits per heavy atom. The molecule has 1 amide bonds. The predicted molar refractivity (Wildman–Crippen MR) is 61.6 cm³/mol. The molecule has 0 saturated carbocycles. The first-order chi connectivity index (χ1) is 6.87. The van der Waals surface area contributed by atoms with Crippen LogP contribution in [0.3, 0.4) is 0 Å². The van der Waals surface area contributed by atoms with Crippen molar-refractivity contribution in [3.8, 4) is 0 Å². The minimum atomic E-state index is -0.117. The minimum Gasteiger partial charge on any atom is -0.396 e. The molecule has 0 aromatic carbocycles. The second kappa shape index (κ2) is 6.80. The molecule has 3 N–H and O–H groups in total. The monoisotopic (exact) mass is 216 g/mol. The minimum absolute atomic E-state index is 0.0688. The molecule has 0 fully saturated rings. The lowest BCUT2D eigenvalue weighted by Crippen LogP contribution is -2.36. The molecule has 0 aliphatic carbocycles. The maximum atomic E-state index is 11.2. The van der Waals surface area contributed by atoms with Crippen LogP contribution in [0.5, 0.6) is 0 Å². The number of hydrogen-bond donors (Lipinski definition) is 3. The second-order valence-electron chi connectivity index (χ2n) is 4.97. The Morgan fingerprint density at radius 1 is 1.40 bits per heavy atom. The molecule has 90 valence electrons. The lowest BCUT2D eigenvalue weighted by atomic mass is 9.95. The van der Waals surface area contributed by atoms with Crippen molar-refractivity contribution in [1.29, 1.82) is 0 Å². The molecule has 0 heterocycles. The van der Waals surface area contributed by atoms with Crippen LogP contribution in [0.4, 0.5) is 0 Å². The van der Waals surface area contributed by atoms with Crippen LogP contribution < -0.4 is 10.6 Å². The van der Waals surface area contributed by atoms with E-state index in [1.54, 1.807) is 0 Å². The summed E-state index contributed by atoms with van der Waals surface area (Å²) in [6.07, 6.45) is 0.486. The lowest BCUT2D eigenvalue weighted by molar-refractivity contribution is -0.121. The topological polar surface area (TPSA) is 61.4 Å². The molecule has 0 aliphatic rings. The highest BCUT2D eigenvalue weighted by atomic mass is 16.3. The van der Waals surface area contributed by atoms with Gasteiger partial charge in [0, 0.05) is 37.6 Å². The van der Waals surface area contributed by atoms with Gasteiger partial charge in [-0.3, -0.25) is 4.79 Å². The molecule has 4 heteroatoms.